The van der Waals surface area contributed by atoms with Crippen molar-refractivity contribution in [3.63, 3.8) is 0 Å². The minimum atomic E-state index is -0.493. The molecular formula is C17H26ClFN2O2. The van der Waals surface area contributed by atoms with Gasteiger partial charge in [-0.1, -0.05) is 26.0 Å². The van der Waals surface area contributed by atoms with E-state index in [1.54, 1.807) is 12.1 Å². The molecule has 0 aromatic heterocycles. The molecule has 1 atom stereocenters. The molecule has 130 valence electrons. The summed E-state index contributed by atoms with van der Waals surface area (Å²) in [6.45, 7) is 5.84. The zero-order valence-electron chi connectivity index (χ0n) is 13.7. The average Bonchev–Trinajstić information content (AvgIpc) is 2.53. The van der Waals surface area contributed by atoms with Crippen LogP contribution in [0.5, 0.6) is 0 Å². The van der Waals surface area contributed by atoms with Gasteiger partial charge in [-0.2, -0.15) is 0 Å². The molecule has 0 spiro atoms. The molecule has 1 aromatic rings. The molecule has 1 aliphatic heterocycles. The number of amides is 1. The number of hydrogen-bond donors (Lipinski definition) is 2. The van der Waals surface area contributed by atoms with E-state index in [2.05, 4.69) is 5.32 Å². The molecule has 1 fully saturated rings. The lowest BCUT2D eigenvalue weighted by Gasteiger charge is -2.29. The number of nitrogens with two attached hydrogens (primary N) is 1. The smallest absolute Gasteiger partial charge is 0.237 e. The van der Waals surface area contributed by atoms with Crippen LogP contribution in [0.4, 0.5) is 4.39 Å². The Balaban J connectivity index is 0.00000264. The fourth-order valence-electron chi connectivity index (χ4n) is 2.72. The summed E-state index contributed by atoms with van der Waals surface area (Å²) in [5.41, 5.74) is 6.76. The number of halogens is 2. The first-order valence-corrected chi connectivity index (χ1v) is 7.77. The normalized spacial score (nSPS) is 17.2. The van der Waals surface area contributed by atoms with Crippen LogP contribution in [0, 0.1) is 11.7 Å². The van der Waals surface area contributed by atoms with Gasteiger partial charge in [0.15, 0.2) is 0 Å². The van der Waals surface area contributed by atoms with E-state index in [1.807, 2.05) is 13.8 Å². The number of carbonyl (C=O) groups excluding carboxylic acids is 1. The molecule has 1 aromatic carbocycles. The summed E-state index contributed by atoms with van der Waals surface area (Å²) < 4.78 is 18.3. The molecule has 3 N–H and O–H groups in total. The quantitative estimate of drug-likeness (QED) is 0.862. The fraction of sp³-hybridized carbons (Fsp3) is 0.588. The van der Waals surface area contributed by atoms with E-state index in [4.69, 9.17) is 10.5 Å². The molecule has 0 bridgehead atoms. The maximum absolute atomic E-state index is 13.0. The van der Waals surface area contributed by atoms with E-state index in [-0.39, 0.29) is 35.5 Å². The van der Waals surface area contributed by atoms with E-state index in [9.17, 15) is 9.18 Å². The second kappa shape index (κ2) is 8.62. The molecular weight excluding hydrogens is 319 g/mol. The van der Waals surface area contributed by atoms with E-state index < -0.39 is 6.04 Å². The summed E-state index contributed by atoms with van der Waals surface area (Å²) in [5, 5.41) is 2.93. The van der Waals surface area contributed by atoms with Crippen LogP contribution in [0.25, 0.3) is 0 Å². The maximum atomic E-state index is 13.0. The summed E-state index contributed by atoms with van der Waals surface area (Å²) in [6.07, 6.45) is 1.66. The molecule has 23 heavy (non-hydrogen) atoms. The van der Waals surface area contributed by atoms with Crippen molar-refractivity contribution < 1.29 is 13.9 Å². The highest BCUT2D eigenvalue weighted by Gasteiger charge is 2.28. The van der Waals surface area contributed by atoms with Crippen LogP contribution in [-0.4, -0.2) is 31.7 Å². The van der Waals surface area contributed by atoms with Gasteiger partial charge in [0.25, 0.3) is 0 Å². The molecule has 1 heterocycles. The first-order chi connectivity index (χ1) is 10.4. The number of ether oxygens (including phenoxy) is 1. The van der Waals surface area contributed by atoms with Gasteiger partial charge in [-0.15, -0.1) is 12.4 Å². The molecule has 6 heteroatoms. The Morgan fingerprint density at radius 2 is 1.91 bits per heavy atom. The molecule has 1 saturated heterocycles. The third-order valence-corrected chi connectivity index (χ3v) is 4.41. The third-order valence-electron chi connectivity index (χ3n) is 4.41. The predicted molar refractivity (Wildman–Crippen MR) is 91.2 cm³/mol. The number of hydrogen-bond acceptors (Lipinski definition) is 3. The Hall–Kier alpha value is -1.17. The van der Waals surface area contributed by atoms with Gasteiger partial charge >= 0.3 is 0 Å². The molecule has 0 saturated carbocycles. The van der Waals surface area contributed by atoms with Crippen molar-refractivity contribution in [3.05, 3.63) is 35.6 Å². The standard InChI is InChI=1S/C17H25FN2O2.ClH/c1-17(2,13-3-5-14(18)6-4-13)11-20-16(21)15(19)12-7-9-22-10-8-12;/h3-6,12,15H,7-11,19H2,1-2H3,(H,20,21);1H. The van der Waals surface area contributed by atoms with Crippen molar-refractivity contribution >= 4 is 18.3 Å². The van der Waals surface area contributed by atoms with E-state index >= 15 is 0 Å². The lowest BCUT2D eigenvalue weighted by atomic mass is 9.84. The highest BCUT2D eigenvalue weighted by molar-refractivity contribution is 5.85. The molecule has 0 radical (unpaired) electrons. The van der Waals surface area contributed by atoms with Crippen LogP contribution >= 0.6 is 12.4 Å². The molecule has 1 aliphatic rings. The van der Waals surface area contributed by atoms with Gasteiger partial charge in [-0.05, 0) is 36.5 Å². The minimum absolute atomic E-state index is 0. The Bertz CT molecular complexity index is 502. The number of carbonyl (C=O) groups is 1. The summed E-state index contributed by atoms with van der Waals surface area (Å²) >= 11 is 0. The lowest BCUT2D eigenvalue weighted by molar-refractivity contribution is -0.124. The number of rotatable bonds is 5. The van der Waals surface area contributed by atoms with Gasteiger partial charge in [-0.25, -0.2) is 4.39 Å². The third kappa shape index (κ3) is 5.44. The monoisotopic (exact) mass is 344 g/mol. The molecule has 2 rings (SSSR count). The van der Waals surface area contributed by atoms with Crippen LogP contribution in [-0.2, 0) is 14.9 Å². The van der Waals surface area contributed by atoms with Crippen LogP contribution in [0.1, 0.15) is 32.3 Å². The molecule has 1 unspecified atom stereocenters. The molecule has 4 nitrogen and oxygen atoms in total. The Morgan fingerprint density at radius 3 is 2.48 bits per heavy atom. The van der Waals surface area contributed by atoms with Gasteiger partial charge in [0.05, 0.1) is 6.04 Å². The van der Waals surface area contributed by atoms with Gasteiger partial charge in [0.2, 0.25) is 5.91 Å². The second-order valence-electron chi connectivity index (χ2n) is 6.58. The largest absolute Gasteiger partial charge is 0.381 e. The highest BCUT2D eigenvalue weighted by atomic mass is 35.5. The molecule has 1 amide bonds. The first-order valence-electron chi connectivity index (χ1n) is 7.77. The summed E-state index contributed by atoms with van der Waals surface area (Å²) in [4.78, 5) is 12.2. The Labute approximate surface area is 143 Å². The van der Waals surface area contributed by atoms with Crippen molar-refractivity contribution in [2.45, 2.75) is 38.1 Å². The maximum Gasteiger partial charge on any atom is 0.237 e. The minimum Gasteiger partial charge on any atom is -0.381 e. The van der Waals surface area contributed by atoms with Crippen LogP contribution in [0.2, 0.25) is 0 Å². The SMILES string of the molecule is CC(C)(CNC(=O)C(N)C1CCOCC1)c1ccc(F)cc1.Cl. The second-order valence-corrected chi connectivity index (χ2v) is 6.58. The van der Waals surface area contributed by atoms with Crippen molar-refractivity contribution in [2.24, 2.45) is 11.7 Å². The summed E-state index contributed by atoms with van der Waals surface area (Å²) in [6, 6.07) is 5.88. The highest BCUT2D eigenvalue weighted by Crippen LogP contribution is 2.23. The van der Waals surface area contributed by atoms with E-state index in [0.29, 0.717) is 19.8 Å². The van der Waals surface area contributed by atoms with Crippen LogP contribution in [0.3, 0.4) is 0 Å². The van der Waals surface area contributed by atoms with Crippen molar-refractivity contribution in [2.75, 3.05) is 19.8 Å². The van der Waals surface area contributed by atoms with Crippen LogP contribution in [0.15, 0.2) is 24.3 Å². The number of benzene rings is 1. The summed E-state index contributed by atoms with van der Waals surface area (Å²) in [7, 11) is 0. The fourth-order valence-corrected chi connectivity index (χ4v) is 2.72. The zero-order valence-corrected chi connectivity index (χ0v) is 14.5. The molecule has 0 aliphatic carbocycles. The first kappa shape index (κ1) is 19.9. The van der Waals surface area contributed by atoms with Crippen molar-refractivity contribution in [1.29, 1.82) is 0 Å². The van der Waals surface area contributed by atoms with E-state index in [0.717, 1.165) is 18.4 Å². The Morgan fingerprint density at radius 1 is 1.35 bits per heavy atom. The Kier molecular flexibility index (Phi) is 7.45. The zero-order chi connectivity index (χ0) is 16.2. The predicted octanol–water partition coefficient (Wildman–Crippen LogP) is 2.40. The average molecular weight is 345 g/mol. The van der Waals surface area contributed by atoms with Gasteiger partial charge in [-0.3, -0.25) is 4.79 Å². The topological polar surface area (TPSA) is 64.4 Å². The number of nitrogens with one attached hydrogen (secondary N) is 1. The van der Waals surface area contributed by atoms with Crippen LogP contribution < -0.4 is 11.1 Å². The van der Waals surface area contributed by atoms with Gasteiger partial charge < -0.3 is 15.8 Å². The van der Waals surface area contributed by atoms with Crippen molar-refractivity contribution in [1.82, 2.24) is 5.32 Å². The van der Waals surface area contributed by atoms with E-state index in [1.165, 1.54) is 12.1 Å². The summed E-state index contributed by atoms with van der Waals surface area (Å²) in [5.74, 6) is -0.199. The van der Waals surface area contributed by atoms with Gasteiger partial charge in [0.1, 0.15) is 5.82 Å². The van der Waals surface area contributed by atoms with Crippen molar-refractivity contribution in [3.8, 4) is 0 Å². The lowest BCUT2D eigenvalue weighted by Crippen LogP contribution is -2.49. The van der Waals surface area contributed by atoms with Gasteiger partial charge in [0, 0.05) is 25.2 Å².